The van der Waals surface area contributed by atoms with Crippen LogP contribution in [0.5, 0.6) is 0 Å². The molecule has 0 aromatic carbocycles. The number of ether oxygens (including phenoxy) is 1. The van der Waals surface area contributed by atoms with Crippen molar-refractivity contribution in [3.8, 4) is 0 Å². The summed E-state index contributed by atoms with van der Waals surface area (Å²) in [6, 6.07) is 0. The number of rotatable bonds is 3. The molecular formula is C14H25NO4. The number of carbonyl (C=O) groups is 2. The lowest BCUT2D eigenvalue weighted by molar-refractivity contribution is -0.149. The number of nitrogens with one attached hydrogen (secondary N) is 1. The Morgan fingerprint density at radius 2 is 2.00 bits per heavy atom. The number of hydrogen-bond donors (Lipinski definition) is 2. The number of alkyl carbamates (subject to hydrolysis) is 1. The molecule has 1 rings (SSSR count). The van der Waals surface area contributed by atoms with Crippen molar-refractivity contribution in [2.24, 2.45) is 5.92 Å². The zero-order valence-corrected chi connectivity index (χ0v) is 12.3. The van der Waals surface area contributed by atoms with Gasteiger partial charge in [-0.3, -0.25) is 0 Å². The molecule has 2 atom stereocenters. The molecule has 0 spiro atoms. The van der Waals surface area contributed by atoms with Crippen LogP contribution in [0, 0.1) is 5.92 Å². The second-order valence-corrected chi connectivity index (χ2v) is 6.25. The topological polar surface area (TPSA) is 75.6 Å². The maximum Gasteiger partial charge on any atom is 0.408 e. The van der Waals surface area contributed by atoms with Gasteiger partial charge in [0.1, 0.15) is 11.1 Å². The Morgan fingerprint density at radius 1 is 1.37 bits per heavy atom. The Kier molecular flexibility index (Phi) is 4.82. The summed E-state index contributed by atoms with van der Waals surface area (Å²) in [6.07, 6.45) is 3.23. The highest BCUT2D eigenvalue weighted by molar-refractivity contribution is 5.85. The molecule has 5 nitrogen and oxygen atoms in total. The van der Waals surface area contributed by atoms with Crippen molar-refractivity contribution >= 4 is 12.1 Å². The predicted molar refractivity (Wildman–Crippen MR) is 72.0 cm³/mol. The van der Waals surface area contributed by atoms with E-state index >= 15 is 0 Å². The third-order valence-corrected chi connectivity index (χ3v) is 3.67. The largest absolute Gasteiger partial charge is 0.479 e. The van der Waals surface area contributed by atoms with Gasteiger partial charge in [0.05, 0.1) is 0 Å². The SMILES string of the molecule is CC[C@@H]1CCCC[C@@]1(NC(=O)OC(C)(C)C)C(=O)O. The summed E-state index contributed by atoms with van der Waals surface area (Å²) in [5.74, 6) is -0.990. The van der Waals surface area contributed by atoms with Gasteiger partial charge in [0.25, 0.3) is 0 Å². The van der Waals surface area contributed by atoms with Crippen LogP contribution < -0.4 is 5.32 Å². The monoisotopic (exact) mass is 271 g/mol. The number of hydrogen-bond acceptors (Lipinski definition) is 3. The van der Waals surface area contributed by atoms with E-state index in [1.165, 1.54) is 0 Å². The van der Waals surface area contributed by atoms with E-state index < -0.39 is 23.2 Å². The Morgan fingerprint density at radius 3 is 2.47 bits per heavy atom. The zero-order chi connectivity index (χ0) is 14.7. The standard InChI is InChI=1S/C14H25NO4/c1-5-10-8-6-7-9-14(10,11(16)17)15-12(18)19-13(2,3)4/h10H,5-9H2,1-4H3,(H,15,18)(H,16,17)/t10-,14+/m1/s1. The maximum atomic E-state index is 11.9. The van der Waals surface area contributed by atoms with Gasteiger partial charge in [-0.15, -0.1) is 0 Å². The van der Waals surface area contributed by atoms with E-state index in [0.29, 0.717) is 6.42 Å². The van der Waals surface area contributed by atoms with E-state index in [1.54, 1.807) is 20.8 Å². The number of aliphatic carboxylic acids is 1. The molecule has 0 aromatic heterocycles. The lowest BCUT2D eigenvalue weighted by Gasteiger charge is -2.41. The minimum absolute atomic E-state index is 0.0359. The van der Waals surface area contributed by atoms with Crippen LogP contribution in [0.4, 0.5) is 4.79 Å². The smallest absolute Gasteiger partial charge is 0.408 e. The highest BCUT2D eigenvalue weighted by atomic mass is 16.6. The summed E-state index contributed by atoms with van der Waals surface area (Å²) in [6.45, 7) is 7.25. The van der Waals surface area contributed by atoms with Crippen LogP contribution in [0.2, 0.25) is 0 Å². The molecule has 0 unspecified atom stereocenters. The molecule has 1 fully saturated rings. The minimum atomic E-state index is -1.17. The molecule has 1 aliphatic carbocycles. The van der Waals surface area contributed by atoms with Crippen molar-refractivity contribution in [1.29, 1.82) is 0 Å². The number of carboxylic acids is 1. The van der Waals surface area contributed by atoms with Crippen molar-refractivity contribution < 1.29 is 19.4 Å². The first-order valence-electron chi connectivity index (χ1n) is 6.96. The normalized spacial score (nSPS) is 27.7. The van der Waals surface area contributed by atoms with Gasteiger partial charge < -0.3 is 15.2 Å². The molecule has 0 bridgehead atoms. The fourth-order valence-electron chi connectivity index (χ4n) is 2.78. The number of carbonyl (C=O) groups excluding carboxylic acids is 1. The molecule has 2 N–H and O–H groups in total. The zero-order valence-electron chi connectivity index (χ0n) is 12.3. The van der Waals surface area contributed by atoms with E-state index in [-0.39, 0.29) is 5.92 Å². The van der Waals surface area contributed by atoms with Gasteiger partial charge in [-0.05, 0) is 39.5 Å². The van der Waals surface area contributed by atoms with E-state index in [9.17, 15) is 14.7 Å². The van der Waals surface area contributed by atoms with E-state index in [4.69, 9.17) is 4.74 Å². The van der Waals surface area contributed by atoms with Crippen molar-refractivity contribution in [2.45, 2.75) is 70.9 Å². The van der Waals surface area contributed by atoms with Crippen LogP contribution in [-0.2, 0) is 9.53 Å². The van der Waals surface area contributed by atoms with Crippen LogP contribution in [0.3, 0.4) is 0 Å². The summed E-state index contributed by atoms with van der Waals surface area (Å²) in [5, 5.41) is 12.2. The summed E-state index contributed by atoms with van der Waals surface area (Å²) in [5.41, 5.74) is -1.80. The molecular weight excluding hydrogens is 246 g/mol. The van der Waals surface area contributed by atoms with Crippen LogP contribution >= 0.6 is 0 Å². The number of amides is 1. The molecule has 0 radical (unpaired) electrons. The summed E-state index contributed by atoms with van der Waals surface area (Å²) in [4.78, 5) is 23.6. The fourth-order valence-corrected chi connectivity index (χ4v) is 2.78. The van der Waals surface area contributed by atoms with Crippen LogP contribution in [0.15, 0.2) is 0 Å². The summed E-state index contributed by atoms with van der Waals surface area (Å²) >= 11 is 0. The Labute approximate surface area is 114 Å². The predicted octanol–water partition coefficient (Wildman–Crippen LogP) is 2.93. The maximum absolute atomic E-state index is 11.9. The van der Waals surface area contributed by atoms with Crippen molar-refractivity contribution in [2.75, 3.05) is 0 Å². The van der Waals surface area contributed by atoms with Crippen LogP contribution in [-0.4, -0.2) is 28.3 Å². The van der Waals surface area contributed by atoms with Crippen molar-refractivity contribution in [1.82, 2.24) is 5.32 Å². The van der Waals surface area contributed by atoms with E-state index in [1.807, 2.05) is 6.92 Å². The highest BCUT2D eigenvalue weighted by Gasteiger charge is 2.48. The Bertz CT molecular complexity index is 348. The van der Waals surface area contributed by atoms with Gasteiger partial charge in [0.2, 0.25) is 0 Å². The van der Waals surface area contributed by atoms with Gasteiger partial charge in [0.15, 0.2) is 0 Å². The molecule has 0 saturated heterocycles. The third kappa shape index (κ3) is 3.85. The van der Waals surface area contributed by atoms with E-state index in [0.717, 1.165) is 25.7 Å². The first-order valence-corrected chi connectivity index (χ1v) is 6.96. The average molecular weight is 271 g/mol. The molecule has 19 heavy (non-hydrogen) atoms. The first-order chi connectivity index (χ1) is 8.71. The highest BCUT2D eigenvalue weighted by Crippen LogP contribution is 2.36. The van der Waals surface area contributed by atoms with Gasteiger partial charge in [-0.1, -0.05) is 26.2 Å². The first kappa shape index (κ1) is 15.8. The fraction of sp³-hybridized carbons (Fsp3) is 0.857. The quantitative estimate of drug-likeness (QED) is 0.827. The molecule has 5 heteroatoms. The summed E-state index contributed by atoms with van der Waals surface area (Å²) < 4.78 is 5.20. The molecule has 110 valence electrons. The van der Waals surface area contributed by atoms with Crippen LogP contribution in [0.1, 0.15) is 59.8 Å². The molecule has 0 aromatic rings. The second kappa shape index (κ2) is 5.80. The lowest BCUT2D eigenvalue weighted by atomic mass is 9.71. The molecule has 1 amide bonds. The molecule has 0 heterocycles. The molecule has 1 aliphatic rings. The Hall–Kier alpha value is -1.26. The minimum Gasteiger partial charge on any atom is -0.479 e. The lowest BCUT2D eigenvalue weighted by Crippen LogP contribution is -2.61. The molecule has 1 saturated carbocycles. The van der Waals surface area contributed by atoms with Crippen molar-refractivity contribution in [3.63, 3.8) is 0 Å². The van der Waals surface area contributed by atoms with Crippen molar-refractivity contribution in [3.05, 3.63) is 0 Å². The van der Waals surface area contributed by atoms with Crippen LogP contribution in [0.25, 0.3) is 0 Å². The van der Waals surface area contributed by atoms with E-state index in [2.05, 4.69) is 5.32 Å². The Balaban J connectivity index is 2.87. The molecule has 0 aliphatic heterocycles. The van der Waals surface area contributed by atoms with Gasteiger partial charge >= 0.3 is 12.1 Å². The average Bonchev–Trinajstić information content (AvgIpc) is 2.26. The summed E-state index contributed by atoms with van der Waals surface area (Å²) in [7, 11) is 0. The van der Waals surface area contributed by atoms with Gasteiger partial charge in [0, 0.05) is 0 Å². The van der Waals surface area contributed by atoms with Gasteiger partial charge in [-0.25, -0.2) is 9.59 Å². The second-order valence-electron chi connectivity index (χ2n) is 6.25. The van der Waals surface area contributed by atoms with Gasteiger partial charge in [-0.2, -0.15) is 0 Å². The number of carboxylic acid groups (broad SMARTS) is 1. The third-order valence-electron chi connectivity index (χ3n) is 3.67.